The molecule has 0 heterocycles. The van der Waals surface area contributed by atoms with E-state index in [4.69, 9.17) is 0 Å². The lowest BCUT2D eigenvalue weighted by molar-refractivity contribution is -0.145. The molecule has 2 heteroatoms. The predicted molar refractivity (Wildman–Crippen MR) is 73.1 cm³/mol. The fourth-order valence-corrected chi connectivity index (χ4v) is 2.66. The highest BCUT2D eigenvalue weighted by Gasteiger charge is 2.34. The van der Waals surface area contributed by atoms with Gasteiger partial charge in [-0.05, 0) is 24.2 Å². The molecule has 1 N–H and O–H groups in total. The molecule has 0 saturated carbocycles. The number of rotatable bonds is 8. The summed E-state index contributed by atoms with van der Waals surface area (Å²) in [5, 5.41) is 9.31. The van der Waals surface area contributed by atoms with Gasteiger partial charge in [0.15, 0.2) is 0 Å². The van der Waals surface area contributed by atoms with E-state index in [9.17, 15) is 9.90 Å². The van der Waals surface area contributed by atoms with Crippen molar-refractivity contribution in [3.63, 3.8) is 0 Å². The third-order valence-electron chi connectivity index (χ3n) is 3.72. The molecule has 0 aliphatic rings. The molecular formula is C15H30O2. The summed E-state index contributed by atoms with van der Waals surface area (Å²) in [5.41, 5.74) is 0.0886. The van der Waals surface area contributed by atoms with Crippen LogP contribution in [0.15, 0.2) is 0 Å². The monoisotopic (exact) mass is 242 g/mol. The van der Waals surface area contributed by atoms with Gasteiger partial charge in [0, 0.05) is 0 Å². The zero-order valence-electron chi connectivity index (χ0n) is 12.3. The largest absolute Gasteiger partial charge is 0.481 e. The molecule has 2 nitrogen and oxygen atoms in total. The smallest absolute Gasteiger partial charge is 0.306 e. The number of aliphatic carboxylic acids is 1. The van der Waals surface area contributed by atoms with Gasteiger partial charge in [-0.1, -0.05) is 60.3 Å². The van der Waals surface area contributed by atoms with E-state index >= 15 is 0 Å². The Morgan fingerprint density at radius 1 is 1.12 bits per heavy atom. The molecule has 0 aliphatic carbocycles. The maximum absolute atomic E-state index is 11.3. The van der Waals surface area contributed by atoms with Crippen molar-refractivity contribution in [2.45, 2.75) is 73.1 Å². The minimum atomic E-state index is -0.622. The third kappa shape index (κ3) is 6.09. The summed E-state index contributed by atoms with van der Waals surface area (Å²) in [6.45, 7) is 10.7. The SMILES string of the molecule is CCCCCCC(C(CC)C(=O)O)C(C)(C)C. The first-order valence-corrected chi connectivity index (χ1v) is 7.07. The van der Waals surface area contributed by atoms with E-state index in [0.29, 0.717) is 5.92 Å². The summed E-state index contributed by atoms with van der Waals surface area (Å²) in [7, 11) is 0. The minimum absolute atomic E-state index is 0.0886. The second-order valence-corrected chi connectivity index (χ2v) is 6.17. The summed E-state index contributed by atoms with van der Waals surface area (Å²) in [5.74, 6) is -0.513. The van der Waals surface area contributed by atoms with Crippen LogP contribution in [0.4, 0.5) is 0 Å². The molecule has 0 spiro atoms. The van der Waals surface area contributed by atoms with Crippen LogP contribution in [-0.4, -0.2) is 11.1 Å². The third-order valence-corrected chi connectivity index (χ3v) is 3.72. The number of unbranched alkanes of at least 4 members (excludes halogenated alkanes) is 3. The van der Waals surface area contributed by atoms with E-state index < -0.39 is 5.97 Å². The van der Waals surface area contributed by atoms with Gasteiger partial charge < -0.3 is 5.11 Å². The lowest BCUT2D eigenvalue weighted by atomic mass is 9.70. The van der Waals surface area contributed by atoms with E-state index in [1.165, 1.54) is 25.7 Å². The second kappa shape index (κ2) is 7.73. The predicted octanol–water partition coefficient (Wildman–Crippen LogP) is 4.73. The molecule has 0 aromatic carbocycles. The lowest BCUT2D eigenvalue weighted by Crippen LogP contribution is -2.33. The van der Waals surface area contributed by atoms with Crippen LogP contribution >= 0.6 is 0 Å². The van der Waals surface area contributed by atoms with Gasteiger partial charge in [-0.2, -0.15) is 0 Å². The van der Waals surface area contributed by atoms with Crippen molar-refractivity contribution in [3.05, 3.63) is 0 Å². The van der Waals surface area contributed by atoms with Gasteiger partial charge >= 0.3 is 5.97 Å². The maximum Gasteiger partial charge on any atom is 0.306 e. The minimum Gasteiger partial charge on any atom is -0.481 e. The highest BCUT2D eigenvalue weighted by atomic mass is 16.4. The van der Waals surface area contributed by atoms with Crippen molar-refractivity contribution < 1.29 is 9.90 Å². The van der Waals surface area contributed by atoms with Gasteiger partial charge in [0.05, 0.1) is 5.92 Å². The molecule has 0 bridgehead atoms. The molecule has 17 heavy (non-hydrogen) atoms. The van der Waals surface area contributed by atoms with E-state index in [1.807, 2.05) is 6.92 Å². The highest BCUT2D eigenvalue weighted by Crippen LogP contribution is 2.37. The Kier molecular flexibility index (Phi) is 7.49. The summed E-state index contributed by atoms with van der Waals surface area (Å²) in [6.07, 6.45) is 6.69. The average Bonchev–Trinajstić information content (AvgIpc) is 2.20. The second-order valence-electron chi connectivity index (χ2n) is 6.17. The van der Waals surface area contributed by atoms with Gasteiger partial charge in [0.25, 0.3) is 0 Å². The van der Waals surface area contributed by atoms with Crippen molar-refractivity contribution in [3.8, 4) is 0 Å². The Hall–Kier alpha value is -0.530. The lowest BCUT2D eigenvalue weighted by Gasteiger charge is -2.35. The van der Waals surface area contributed by atoms with Crippen LogP contribution in [0.3, 0.4) is 0 Å². The molecule has 0 fully saturated rings. The van der Waals surface area contributed by atoms with Crippen LogP contribution in [0.25, 0.3) is 0 Å². The van der Waals surface area contributed by atoms with Crippen molar-refractivity contribution in [1.82, 2.24) is 0 Å². The van der Waals surface area contributed by atoms with E-state index in [2.05, 4.69) is 27.7 Å². The van der Waals surface area contributed by atoms with Gasteiger partial charge in [0.1, 0.15) is 0 Å². The summed E-state index contributed by atoms with van der Waals surface area (Å²) in [4.78, 5) is 11.3. The van der Waals surface area contributed by atoms with Crippen molar-refractivity contribution in [1.29, 1.82) is 0 Å². The first-order valence-electron chi connectivity index (χ1n) is 7.07. The Balaban J connectivity index is 4.48. The highest BCUT2D eigenvalue weighted by molar-refractivity contribution is 5.70. The normalized spacial score (nSPS) is 15.6. The van der Waals surface area contributed by atoms with Crippen LogP contribution in [-0.2, 0) is 4.79 Å². The zero-order valence-corrected chi connectivity index (χ0v) is 12.3. The van der Waals surface area contributed by atoms with Gasteiger partial charge in [-0.15, -0.1) is 0 Å². The van der Waals surface area contributed by atoms with Gasteiger partial charge in [-0.25, -0.2) is 0 Å². The topological polar surface area (TPSA) is 37.3 Å². The summed E-state index contributed by atoms with van der Waals surface area (Å²) < 4.78 is 0. The fraction of sp³-hybridized carbons (Fsp3) is 0.933. The van der Waals surface area contributed by atoms with Gasteiger partial charge in [-0.3, -0.25) is 4.79 Å². The molecular weight excluding hydrogens is 212 g/mol. The molecule has 0 rings (SSSR count). The van der Waals surface area contributed by atoms with Gasteiger partial charge in [0.2, 0.25) is 0 Å². The maximum atomic E-state index is 11.3. The summed E-state index contributed by atoms with van der Waals surface area (Å²) in [6, 6.07) is 0. The van der Waals surface area contributed by atoms with Crippen molar-refractivity contribution in [2.24, 2.45) is 17.3 Å². The molecule has 2 atom stereocenters. The van der Waals surface area contributed by atoms with Crippen molar-refractivity contribution >= 4 is 5.97 Å². The quantitative estimate of drug-likeness (QED) is 0.625. The zero-order chi connectivity index (χ0) is 13.5. The first-order chi connectivity index (χ1) is 7.84. The Bertz CT molecular complexity index is 215. The van der Waals surface area contributed by atoms with E-state index in [-0.39, 0.29) is 11.3 Å². The first kappa shape index (κ1) is 16.5. The van der Waals surface area contributed by atoms with Crippen LogP contribution in [0.5, 0.6) is 0 Å². The number of hydrogen-bond donors (Lipinski definition) is 1. The number of carboxylic acid groups (broad SMARTS) is 1. The average molecular weight is 242 g/mol. The molecule has 0 radical (unpaired) electrons. The standard InChI is InChI=1S/C15H30O2/c1-6-8-9-10-11-13(15(3,4)5)12(7-2)14(16)17/h12-13H,6-11H2,1-5H3,(H,16,17). The molecule has 0 aliphatic heterocycles. The molecule has 0 aromatic heterocycles. The Labute approximate surface area is 107 Å². The molecule has 102 valence electrons. The van der Waals surface area contributed by atoms with Crippen LogP contribution in [0.2, 0.25) is 0 Å². The fourth-order valence-electron chi connectivity index (χ4n) is 2.66. The number of carbonyl (C=O) groups is 1. The summed E-state index contributed by atoms with van der Waals surface area (Å²) >= 11 is 0. The molecule has 0 aromatic rings. The van der Waals surface area contributed by atoms with Crippen molar-refractivity contribution in [2.75, 3.05) is 0 Å². The van der Waals surface area contributed by atoms with E-state index in [0.717, 1.165) is 12.8 Å². The Morgan fingerprint density at radius 2 is 1.71 bits per heavy atom. The van der Waals surface area contributed by atoms with Crippen LogP contribution in [0, 0.1) is 17.3 Å². The number of carboxylic acids is 1. The number of hydrogen-bond acceptors (Lipinski definition) is 1. The van der Waals surface area contributed by atoms with Crippen LogP contribution < -0.4 is 0 Å². The van der Waals surface area contributed by atoms with E-state index in [1.54, 1.807) is 0 Å². The molecule has 0 saturated heterocycles. The van der Waals surface area contributed by atoms with Crippen LogP contribution in [0.1, 0.15) is 73.1 Å². The molecule has 0 amide bonds. The molecule has 2 unspecified atom stereocenters. The Morgan fingerprint density at radius 3 is 2.06 bits per heavy atom.